The minimum atomic E-state index is -5.37. The fourth-order valence-electron chi connectivity index (χ4n) is 2.19. The second-order valence-electron chi connectivity index (χ2n) is 6.30. The predicted octanol–water partition coefficient (Wildman–Crippen LogP) is 3.13. The minimum absolute atomic E-state index is 0.305. The summed E-state index contributed by atoms with van der Waals surface area (Å²) in [5.74, 6) is 2.96. The van der Waals surface area contributed by atoms with Crippen molar-refractivity contribution in [3.05, 3.63) is 52.6 Å². The van der Waals surface area contributed by atoms with E-state index in [1.165, 1.54) is 6.08 Å². The number of phosphoric ester groups is 1. The van der Waals surface area contributed by atoms with Crippen molar-refractivity contribution in [1.82, 2.24) is 0 Å². The largest absolute Gasteiger partial charge is 0.756 e. The molecule has 0 fully saturated rings. The fraction of sp³-hybridized carbons (Fsp3) is 0.316. The van der Waals surface area contributed by atoms with Crippen LogP contribution >= 0.6 is 15.6 Å². The van der Waals surface area contributed by atoms with E-state index >= 15 is 0 Å². The number of terminal acetylenes is 1. The van der Waals surface area contributed by atoms with Crippen molar-refractivity contribution >= 4 is 21.9 Å². The van der Waals surface area contributed by atoms with Gasteiger partial charge in [0.15, 0.2) is 0 Å². The van der Waals surface area contributed by atoms with Gasteiger partial charge in [0.2, 0.25) is 0 Å². The van der Waals surface area contributed by atoms with Crippen molar-refractivity contribution in [2.45, 2.75) is 26.7 Å². The third-order valence-electron chi connectivity index (χ3n) is 3.61. The fourth-order valence-corrected chi connectivity index (χ4v) is 3.68. The zero-order valence-corrected chi connectivity index (χ0v) is 18.3. The van der Waals surface area contributed by atoms with Gasteiger partial charge in [-0.05, 0) is 50.5 Å². The molecule has 2 N–H and O–H groups in total. The normalized spacial score (nSPS) is 16.3. The van der Waals surface area contributed by atoms with Crippen LogP contribution in [0.1, 0.15) is 42.6 Å². The number of carbonyl (C=O) groups excluding carboxylic acids is 1. The highest BCUT2D eigenvalue weighted by atomic mass is 31.3. The summed E-state index contributed by atoms with van der Waals surface area (Å²) in [6.45, 7) is 3.59. The van der Waals surface area contributed by atoms with E-state index in [4.69, 9.17) is 20.9 Å². The molecule has 11 heteroatoms. The molecule has 0 amide bonds. The maximum absolute atomic E-state index is 11.3. The molecule has 0 aliphatic rings. The summed E-state index contributed by atoms with van der Waals surface area (Å²) in [5, 5.41) is 0. The van der Waals surface area contributed by atoms with Gasteiger partial charge in [-0.25, -0.2) is 8.88 Å². The molecule has 164 valence electrons. The molecular weight excluding hydrogens is 434 g/mol. The first-order valence-corrected chi connectivity index (χ1v) is 11.7. The highest BCUT2D eigenvalue weighted by Crippen LogP contribution is 2.55. The van der Waals surface area contributed by atoms with Crippen molar-refractivity contribution in [2.24, 2.45) is 0 Å². The Morgan fingerprint density at radius 2 is 1.90 bits per heavy atom. The number of carbonyl (C=O) groups is 1. The number of ether oxygens (including phenoxy) is 1. The van der Waals surface area contributed by atoms with Crippen LogP contribution in [0.25, 0.3) is 0 Å². The molecule has 0 aliphatic carbocycles. The van der Waals surface area contributed by atoms with Gasteiger partial charge in [0.25, 0.3) is 7.82 Å². The highest BCUT2D eigenvalue weighted by molar-refractivity contribution is 7.60. The highest BCUT2D eigenvalue weighted by Gasteiger charge is 2.26. The molecule has 0 aliphatic heterocycles. The number of allylic oxidation sites excluding steroid dienone is 2. The summed E-state index contributed by atoms with van der Waals surface area (Å²) in [5.41, 5.74) is 2.75. The molecule has 1 aromatic rings. The summed E-state index contributed by atoms with van der Waals surface area (Å²) in [6.07, 6.45) is 10.8. The van der Waals surface area contributed by atoms with Gasteiger partial charge in [0, 0.05) is 11.1 Å². The number of benzene rings is 1. The first kappa shape index (κ1) is 26.0. The van der Waals surface area contributed by atoms with Crippen LogP contribution in [0.15, 0.2) is 41.5 Å². The van der Waals surface area contributed by atoms with Crippen LogP contribution in [0.5, 0.6) is 5.75 Å². The maximum Gasteiger partial charge on any atom is 0.479 e. The lowest BCUT2D eigenvalue weighted by molar-refractivity contribution is -0.212. The zero-order chi connectivity index (χ0) is 22.8. The Labute approximate surface area is 175 Å². The molecule has 0 saturated carbocycles. The number of hydrogen-bond donors (Lipinski definition) is 2. The van der Waals surface area contributed by atoms with Gasteiger partial charge in [0.1, 0.15) is 18.6 Å². The van der Waals surface area contributed by atoms with Crippen molar-refractivity contribution in [2.75, 3.05) is 13.2 Å². The first-order chi connectivity index (χ1) is 13.9. The molecule has 0 saturated heterocycles. The van der Waals surface area contributed by atoms with Crippen molar-refractivity contribution in [3.8, 4) is 18.1 Å². The van der Waals surface area contributed by atoms with Gasteiger partial charge in [0.05, 0.1) is 6.61 Å². The second kappa shape index (κ2) is 12.0. The second-order valence-corrected chi connectivity index (χ2v) is 9.08. The summed E-state index contributed by atoms with van der Waals surface area (Å²) in [6, 6.07) is 4.85. The lowest BCUT2D eigenvalue weighted by Gasteiger charge is -2.18. The van der Waals surface area contributed by atoms with Crippen LogP contribution in [0.2, 0.25) is 0 Å². The van der Waals surface area contributed by atoms with E-state index in [0.717, 1.165) is 11.1 Å². The standard InChI is InChI=1S/C19H24O9P2/c1-4-17-10-18(13-20)12-19(11-17)26-14-16(3)7-5-6-15(2)8-9-27-30(24,25)28-29(21,22)23/h1,7-8,10-13H,5-6,9,14H2,2-3H3,(H,24,25)(H2,21,22,23)/p-1/b15-8+,16-7+. The molecule has 0 heterocycles. The molecule has 1 aromatic carbocycles. The van der Waals surface area contributed by atoms with Crippen LogP contribution in [-0.2, 0) is 18.0 Å². The topological polar surface area (TPSA) is 142 Å². The number of rotatable bonds is 12. The Hall–Kier alpha value is -2.01. The van der Waals surface area contributed by atoms with Crippen LogP contribution < -0.4 is 9.63 Å². The Morgan fingerprint density at radius 1 is 1.20 bits per heavy atom. The maximum atomic E-state index is 11.3. The molecule has 2 unspecified atom stereocenters. The van der Waals surface area contributed by atoms with Gasteiger partial charge >= 0.3 is 7.82 Å². The van der Waals surface area contributed by atoms with Crippen LogP contribution in [0.4, 0.5) is 0 Å². The smallest absolute Gasteiger partial charge is 0.479 e. The molecule has 9 nitrogen and oxygen atoms in total. The lowest BCUT2D eigenvalue weighted by atomic mass is 10.1. The lowest BCUT2D eigenvalue weighted by Crippen LogP contribution is -2.03. The molecular formula is C19H23O9P2-. The van der Waals surface area contributed by atoms with E-state index in [1.54, 1.807) is 25.1 Å². The average Bonchev–Trinajstić information content (AvgIpc) is 2.63. The summed E-state index contributed by atoms with van der Waals surface area (Å²) < 4.78 is 35.4. The monoisotopic (exact) mass is 457 g/mol. The third kappa shape index (κ3) is 11.2. The molecule has 2 atom stereocenters. The molecule has 30 heavy (non-hydrogen) atoms. The Bertz CT molecular complexity index is 938. The quantitative estimate of drug-likeness (QED) is 0.209. The first-order valence-electron chi connectivity index (χ1n) is 8.67. The molecule has 0 spiro atoms. The van der Waals surface area contributed by atoms with E-state index in [9.17, 15) is 18.8 Å². The Morgan fingerprint density at radius 3 is 2.50 bits per heavy atom. The van der Waals surface area contributed by atoms with E-state index in [1.807, 2.05) is 13.0 Å². The number of aldehydes is 1. The minimum Gasteiger partial charge on any atom is -0.756 e. The summed E-state index contributed by atoms with van der Waals surface area (Å²) >= 11 is 0. The summed E-state index contributed by atoms with van der Waals surface area (Å²) in [7, 11) is -10.3. The van der Waals surface area contributed by atoms with Gasteiger partial charge in [-0.1, -0.05) is 23.6 Å². The van der Waals surface area contributed by atoms with Gasteiger partial charge in [-0.2, -0.15) is 0 Å². The Kier molecular flexibility index (Phi) is 10.4. The molecule has 1 rings (SSSR count). The molecule has 0 radical (unpaired) electrons. The molecule has 0 aromatic heterocycles. The third-order valence-corrected chi connectivity index (χ3v) is 5.73. The van der Waals surface area contributed by atoms with E-state index < -0.39 is 15.6 Å². The van der Waals surface area contributed by atoms with Gasteiger partial charge in [-0.15, -0.1) is 6.42 Å². The van der Waals surface area contributed by atoms with Gasteiger partial charge in [-0.3, -0.25) is 13.9 Å². The van der Waals surface area contributed by atoms with E-state index in [2.05, 4.69) is 14.8 Å². The van der Waals surface area contributed by atoms with Crippen molar-refractivity contribution in [3.63, 3.8) is 0 Å². The summed E-state index contributed by atoms with van der Waals surface area (Å²) in [4.78, 5) is 38.9. The van der Waals surface area contributed by atoms with E-state index in [0.29, 0.717) is 42.6 Å². The zero-order valence-electron chi connectivity index (χ0n) is 16.5. The van der Waals surface area contributed by atoms with Crippen LogP contribution in [0, 0.1) is 12.3 Å². The number of hydrogen-bond acceptors (Lipinski definition) is 7. The van der Waals surface area contributed by atoms with Crippen molar-refractivity contribution < 1.29 is 42.2 Å². The molecule has 0 bridgehead atoms. The SMILES string of the molecule is C#Cc1cc(C=O)cc(OC/C(C)=C/CC/C(C)=C/COP(=O)(O)OP(=O)([O-])O)c1. The van der Waals surface area contributed by atoms with Gasteiger partial charge < -0.3 is 19.4 Å². The van der Waals surface area contributed by atoms with Crippen molar-refractivity contribution in [1.29, 1.82) is 0 Å². The number of phosphoric acid groups is 2. The average molecular weight is 457 g/mol. The Balaban J connectivity index is 2.47. The van der Waals surface area contributed by atoms with Crippen LogP contribution in [-0.4, -0.2) is 29.3 Å². The predicted molar refractivity (Wildman–Crippen MR) is 109 cm³/mol. The van der Waals surface area contributed by atoms with E-state index in [-0.39, 0.29) is 6.61 Å². The van der Waals surface area contributed by atoms with Crippen LogP contribution in [0.3, 0.4) is 0 Å².